The number of piperidine rings is 2. The second-order valence-corrected chi connectivity index (χ2v) is 16.1. The Labute approximate surface area is 314 Å². The number of methoxy groups -OCH3 is 1. The van der Waals surface area contributed by atoms with Crippen LogP contribution in [0.5, 0.6) is 17.6 Å². The lowest BCUT2D eigenvalue weighted by Crippen LogP contribution is -2.52. The van der Waals surface area contributed by atoms with Gasteiger partial charge in [0.15, 0.2) is 5.82 Å². The van der Waals surface area contributed by atoms with Crippen molar-refractivity contribution in [3.05, 3.63) is 41.5 Å². The molecule has 4 aromatic rings. The molecule has 3 unspecified atom stereocenters. The van der Waals surface area contributed by atoms with Gasteiger partial charge in [-0.1, -0.05) is 18.4 Å². The first kappa shape index (κ1) is 36.7. The standard InChI is InChI=1S/C42H49F2N5O5/c1-4-29-31(43)10-9-27-22-28(50)23-30(33(27)29)36-35(44)37-34(39(45-36)52-3)38(49-18-6-14-41(2,51)24-49)47-40(46-37)54-25-42-15-5-8-32(42)48(17-7-16-42)19-11-26-12-20-53-21-13-26/h1,9-10,22-23,26,32,50-51H,5-8,11-21,24-25H2,2-3H3. The van der Waals surface area contributed by atoms with Crippen LogP contribution in [-0.2, 0) is 4.74 Å². The molecule has 1 saturated carbocycles. The number of phenolic OH excluding ortho intramolecular Hbond substituents is 1. The van der Waals surface area contributed by atoms with E-state index in [4.69, 9.17) is 30.6 Å². The maximum absolute atomic E-state index is 17.3. The molecule has 10 nitrogen and oxygen atoms in total. The lowest BCUT2D eigenvalue weighted by molar-refractivity contribution is -0.00682. The first-order chi connectivity index (χ1) is 26.1. The number of ether oxygens (including phenoxy) is 3. The number of terminal acetylenes is 1. The molecule has 0 spiro atoms. The predicted octanol–water partition coefficient (Wildman–Crippen LogP) is 7.00. The van der Waals surface area contributed by atoms with E-state index in [1.165, 1.54) is 37.8 Å². The second kappa shape index (κ2) is 14.7. The van der Waals surface area contributed by atoms with Crippen LogP contribution in [0.15, 0.2) is 24.3 Å². The number of hydrogen-bond donors (Lipinski definition) is 2. The van der Waals surface area contributed by atoms with Gasteiger partial charge < -0.3 is 29.3 Å². The third-order valence-electron chi connectivity index (χ3n) is 12.4. The monoisotopic (exact) mass is 741 g/mol. The van der Waals surface area contributed by atoms with Crippen molar-refractivity contribution in [2.75, 3.05) is 58.0 Å². The maximum atomic E-state index is 17.3. The number of nitrogens with zero attached hydrogens (tertiary/aromatic N) is 5. The van der Waals surface area contributed by atoms with Crippen LogP contribution in [0.1, 0.15) is 76.7 Å². The number of β-amino-alcohol motifs (C(OH)–C–C–N with tert-alkyl or cyclic N) is 1. The zero-order chi connectivity index (χ0) is 37.6. The highest BCUT2D eigenvalue weighted by atomic mass is 19.1. The average molecular weight is 742 g/mol. The number of halogens is 2. The molecule has 1 aliphatic carbocycles. The number of likely N-dealkylation sites (tertiary alicyclic amines) is 1. The summed E-state index contributed by atoms with van der Waals surface area (Å²) in [6, 6.07) is 5.87. The topological polar surface area (TPSA) is 113 Å². The molecule has 3 atom stereocenters. The van der Waals surface area contributed by atoms with E-state index < -0.39 is 17.2 Å². The smallest absolute Gasteiger partial charge is 0.319 e. The van der Waals surface area contributed by atoms with Crippen molar-refractivity contribution < 1.29 is 33.2 Å². The summed E-state index contributed by atoms with van der Waals surface area (Å²) in [6.07, 6.45) is 15.9. The number of aromatic nitrogens is 3. The fourth-order valence-corrected chi connectivity index (χ4v) is 9.75. The zero-order valence-corrected chi connectivity index (χ0v) is 31.2. The van der Waals surface area contributed by atoms with Crippen LogP contribution < -0.4 is 14.4 Å². The summed E-state index contributed by atoms with van der Waals surface area (Å²) in [5.74, 6) is 1.83. The Balaban J connectivity index is 1.21. The fourth-order valence-electron chi connectivity index (χ4n) is 9.75. The van der Waals surface area contributed by atoms with Gasteiger partial charge in [-0.05, 0) is 107 Å². The lowest BCUT2D eigenvalue weighted by Gasteiger charge is -2.46. The predicted molar refractivity (Wildman–Crippen MR) is 203 cm³/mol. The van der Waals surface area contributed by atoms with Crippen molar-refractivity contribution in [2.45, 2.75) is 82.8 Å². The lowest BCUT2D eigenvalue weighted by atomic mass is 9.75. The normalized spacial score (nSPS) is 25.2. The minimum Gasteiger partial charge on any atom is -0.508 e. The Kier molecular flexibility index (Phi) is 10.0. The second-order valence-electron chi connectivity index (χ2n) is 16.1. The minimum atomic E-state index is -1.00. The van der Waals surface area contributed by atoms with Crippen molar-refractivity contribution >= 4 is 27.5 Å². The highest BCUT2D eigenvalue weighted by molar-refractivity contribution is 6.04. The Morgan fingerprint density at radius 2 is 1.81 bits per heavy atom. The van der Waals surface area contributed by atoms with Crippen molar-refractivity contribution in [3.63, 3.8) is 0 Å². The Hall–Kier alpha value is -4.31. The summed E-state index contributed by atoms with van der Waals surface area (Å²) in [5, 5.41) is 22.7. The fraction of sp³-hybridized carbons (Fsp3) is 0.548. The number of hydrogen-bond acceptors (Lipinski definition) is 10. The SMILES string of the molecule is C#Cc1c(F)ccc2cc(O)cc(-c3nc(OC)c4c(N5CCCC(C)(O)C5)nc(OCC56CCCC5N(CCC5CCOCC5)CCC6)nc4c3F)c12. The number of phenols is 1. The van der Waals surface area contributed by atoms with Gasteiger partial charge in [0, 0.05) is 48.7 Å². The number of pyridine rings is 1. The third kappa shape index (κ3) is 6.80. The van der Waals surface area contributed by atoms with E-state index in [0.717, 1.165) is 71.2 Å². The van der Waals surface area contributed by atoms with Gasteiger partial charge in [-0.15, -0.1) is 6.42 Å². The molecule has 4 fully saturated rings. The molecular formula is C42H49F2N5O5. The molecule has 0 amide bonds. The summed E-state index contributed by atoms with van der Waals surface area (Å²) < 4.78 is 50.3. The maximum Gasteiger partial charge on any atom is 0.319 e. The molecule has 8 rings (SSSR count). The Morgan fingerprint density at radius 3 is 2.59 bits per heavy atom. The molecule has 0 radical (unpaired) electrons. The van der Waals surface area contributed by atoms with Crippen LogP contribution >= 0.6 is 0 Å². The molecule has 286 valence electrons. The Morgan fingerprint density at radius 1 is 1.02 bits per heavy atom. The van der Waals surface area contributed by atoms with Gasteiger partial charge in [0.1, 0.15) is 34.0 Å². The van der Waals surface area contributed by atoms with Crippen LogP contribution in [0.2, 0.25) is 0 Å². The highest BCUT2D eigenvalue weighted by Crippen LogP contribution is 2.49. The average Bonchev–Trinajstić information content (AvgIpc) is 3.61. The first-order valence-electron chi connectivity index (χ1n) is 19.4. The molecule has 5 heterocycles. The van der Waals surface area contributed by atoms with Gasteiger partial charge in [0.05, 0.1) is 24.9 Å². The van der Waals surface area contributed by atoms with Crippen molar-refractivity contribution in [3.8, 4) is 41.2 Å². The number of aliphatic hydroxyl groups is 1. The molecule has 54 heavy (non-hydrogen) atoms. The Bertz CT molecular complexity index is 2100. The third-order valence-corrected chi connectivity index (χ3v) is 12.4. The van der Waals surface area contributed by atoms with Crippen LogP contribution in [0.3, 0.4) is 0 Å². The summed E-state index contributed by atoms with van der Waals surface area (Å²) in [6.45, 7) is 6.84. The van der Waals surface area contributed by atoms with Crippen LogP contribution in [0, 0.1) is 35.3 Å². The van der Waals surface area contributed by atoms with E-state index in [2.05, 4.69) is 15.8 Å². The van der Waals surface area contributed by atoms with Gasteiger partial charge in [-0.25, -0.2) is 13.8 Å². The molecule has 2 aromatic heterocycles. The molecular weight excluding hydrogens is 692 g/mol. The number of aromatic hydroxyl groups is 1. The van der Waals surface area contributed by atoms with Gasteiger partial charge in [-0.2, -0.15) is 9.97 Å². The number of fused-ring (bicyclic) bond motifs is 3. The molecule has 4 aliphatic rings. The van der Waals surface area contributed by atoms with E-state index in [1.54, 1.807) is 6.92 Å². The molecule has 12 heteroatoms. The molecule has 2 aromatic carbocycles. The van der Waals surface area contributed by atoms with E-state index in [9.17, 15) is 10.2 Å². The van der Waals surface area contributed by atoms with E-state index in [0.29, 0.717) is 49.2 Å². The zero-order valence-electron chi connectivity index (χ0n) is 31.2. The summed E-state index contributed by atoms with van der Waals surface area (Å²) in [4.78, 5) is 18.8. The summed E-state index contributed by atoms with van der Waals surface area (Å²) in [5.41, 5.74) is -1.38. The number of benzene rings is 2. The van der Waals surface area contributed by atoms with Crippen molar-refractivity contribution in [2.24, 2.45) is 11.3 Å². The van der Waals surface area contributed by atoms with E-state index in [-0.39, 0.29) is 62.7 Å². The quantitative estimate of drug-likeness (QED) is 0.174. The summed E-state index contributed by atoms with van der Waals surface area (Å²) in [7, 11) is 1.42. The van der Waals surface area contributed by atoms with Crippen LogP contribution in [0.25, 0.3) is 32.9 Å². The summed E-state index contributed by atoms with van der Waals surface area (Å²) >= 11 is 0. The number of rotatable bonds is 9. The highest BCUT2D eigenvalue weighted by Gasteiger charge is 2.48. The van der Waals surface area contributed by atoms with Gasteiger partial charge in [0.25, 0.3) is 0 Å². The van der Waals surface area contributed by atoms with Gasteiger partial charge >= 0.3 is 6.01 Å². The molecule has 3 aliphatic heterocycles. The van der Waals surface area contributed by atoms with Crippen LogP contribution in [-0.4, -0.2) is 94.8 Å². The number of anilines is 1. The van der Waals surface area contributed by atoms with Crippen molar-refractivity contribution in [1.29, 1.82) is 0 Å². The molecule has 0 bridgehead atoms. The first-order valence-corrected chi connectivity index (χ1v) is 19.4. The van der Waals surface area contributed by atoms with Gasteiger partial charge in [0.2, 0.25) is 5.88 Å². The van der Waals surface area contributed by atoms with Crippen LogP contribution in [0.4, 0.5) is 14.6 Å². The molecule has 2 N–H and O–H groups in total. The largest absolute Gasteiger partial charge is 0.508 e. The molecule has 3 saturated heterocycles. The van der Waals surface area contributed by atoms with E-state index >= 15 is 8.78 Å². The minimum absolute atomic E-state index is 0.0244. The van der Waals surface area contributed by atoms with Gasteiger partial charge in [-0.3, -0.25) is 4.90 Å². The van der Waals surface area contributed by atoms with E-state index in [1.807, 2.05) is 4.90 Å². The van der Waals surface area contributed by atoms with Crippen molar-refractivity contribution in [1.82, 2.24) is 19.9 Å².